The maximum atomic E-state index is 12.5. The Morgan fingerprint density at radius 3 is 2.50 bits per heavy atom. The fourth-order valence-electron chi connectivity index (χ4n) is 2.46. The van der Waals surface area contributed by atoms with Gasteiger partial charge in [-0.05, 0) is 42.8 Å². The van der Waals surface area contributed by atoms with Crippen LogP contribution in [0.5, 0.6) is 5.75 Å². The highest BCUT2D eigenvalue weighted by Crippen LogP contribution is 2.28. The van der Waals surface area contributed by atoms with Crippen molar-refractivity contribution in [1.29, 1.82) is 0 Å². The largest absolute Gasteiger partial charge is 0.508 e. The smallest absolute Gasteiger partial charge is 0.261 e. The molecule has 1 aliphatic heterocycles. The van der Waals surface area contributed by atoms with E-state index in [1.54, 1.807) is 42.5 Å². The van der Waals surface area contributed by atoms with E-state index in [0.717, 1.165) is 5.56 Å². The average molecular weight is 293 g/mol. The summed E-state index contributed by atoms with van der Waals surface area (Å²) in [6, 6.07) is 13.9. The number of phenolic OH excluding ortho intramolecular Hbond substituents is 1. The number of aromatic hydroxyl groups is 1. The second kappa shape index (κ2) is 5.48. The minimum Gasteiger partial charge on any atom is -0.508 e. The number of hydrogen-bond donors (Lipinski definition) is 1. The van der Waals surface area contributed by atoms with Gasteiger partial charge in [0.05, 0.1) is 12.1 Å². The van der Waals surface area contributed by atoms with Crippen molar-refractivity contribution in [2.75, 3.05) is 4.90 Å². The lowest BCUT2D eigenvalue weighted by atomic mass is 10.1. The van der Waals surface area contributed by atoms with Gasteiger partial charge in [-0.3, -0.25) is 9.59 Å². The second-order valence-corrected chi connectivity index (χ2v) is 5.31. The molecule has 1 saturated heterocycles. The zero-order valence-electron chi connectivity index (χ0n) is 12.1. The molecular formula is C18H15NO3. The van der Waals surface area contributed by atoms with Crippen molar-refractivity contribution in [2.45, 2.75) is 13.3 Å². The summed E-state index contributed by atoms with van der Waals surface area (Å²) >= 11 is 0. The van der Waals surface area contributed by atoms with Gasteiger partial charge in [0.2, 0.25) is 5.91 Å². The fraction of sp³-hybridized carbons (Fsp3) is 0.111. The number of rotatable bonds is 2. The predicted octanol–water partition coefficient (Wildman–Crippen LogP) is 3.05. The molecular weight excluding hydrogens is 278 g/mol. The molecule has 4 heteroatoms. The van der Waals surface area contributed by atoms with E-state index in [-0.39, 0.29) is 24.0 Å². The Morgan fingerprint density at radius 1 is 1.09 bits per heavy atom. The molecule has 0 aromatic heterocycles. The molecule has 0 bridgehead atoms. The van der Waals surface area contributed by atoms with Gasteiger partial charge in [0.25, 0.3) is 5.91 Å². The predicted molar refractivity (Wildman–Crippen MR) is 84.4 cm³/mol. The molecule has 2 amide bonds. The summed E-state index contributed by atoms with van der Waals surface area (Å²) in [7, 11) is 0. The first-order chi connectivity index (χ1) is 10.5. The monoisotopic (exact) mass is 293 g/mol. The molecule has 0 saturated carbocycles. The quantitative estimate of drug-likeness (QED) is 0.684. The summed E-state index contributed by atoms with van der Waals surface area (Å²) in [5.41, 5.74) is 2.77. The van der Waals surface area contributed by atoms with Crippen molar-refractivity contribution in [3.8, 4) is 5.75 Å². The molecule has 1 aliphatic rings. The molecule has 2 aromatic rings. The highest BCUT2D eigenvalue weighted by molar-refractivity contribution is 6.29. The number of aryl methyl sites for hydroxylation is 1. The van der Waals surface area contributed by atoms with Crippen LogP contribution in [0.2, 0.25) is 0 Å². The van der Waals surface area contributed by atoms with Gasteiger partial charge in [-0.15, -0.1) is 0 Å². The number of amides is 2. The minimum absolute atomic E-state index is 0.0718. The van der Waals surface area contributed by atoms with E-state index in [9.17, 15) is 14.7 Å². The molecule has 0 radical (unpaired) electrons. The first-order valence-electron chi connectivity index (χ1n) is 6.98. The van der Waals surface area contributed by atoms with Crippen LogP contribution in [-0.2, 0) is 9.59 Å². The van der Waals surface area contributed by atoms with Crippen LogP contribution in [0, 0.1) is 6.92 Å². The van der Waals surface area contributed by atoms with E-state index in [1.807, 2.05) is 19.1 Å². The first-order valence-corrected chi connectivity index (χ1v) is 6.98. The minimum atomic E-state index is -0.308. The molecule has 4 nitrogen and oxygen atoms in total. The van der Waals surface area contributed by atoms with Gasteiger partial charge in [-0.1, -0.05) is 29.8 Å². The van der Waals surface area contributed by atoms with Crippen molar-refractivity contribution in [3.05, 3.63) is 65.2 Å². The summed E-state index contributed by atoms with van der Waals surface area (Å²) in [4.78, 5) is 25.8. The molecule has 2 aromatic carbocycles. The second-order valence-electron chi connectivity index (χ2n) is 5.31. The van der Waals surface area contributed by atoms with Gasteiger partial charge in [0.1, 0.15) is 5.75 Å². The van der Waals surface area contributed by atoms with Crippen LogP contribution in [0.3, 0.4) is 0 Å². The number of anilines is 1. The fourth-order valence-corrected chi connectivity index (χ4v) is 2.46. The number of carbonyl (C=O) groups is 2. The third kappa shape index (κ3) is 2.63. The highest BCUT2D eigenvalue weighted by Gasteiger charge is 2.34. The van der Waals surface area contributed by atoms with Crippen molar-refractivity contribution < 1.29 is 14.7 Å². The molecule has 0 aliphatic carbocycles. The Labute approximate surface area is 128 Å². The molecule has 110 valence electrons. The molecule has 0 spiro atoms. The van der Waals surface area contributed by atoms with Crippen LogP contribution >= 0.6 is 0 Å². The standard InChI is InChI=1S/C18H15NO3/c1-12-5-7-15(8-6-12)19-17(21)11-14(18(19)22)9-13-3-2-4-16(20)10-13/h2-10,20H,11H2,1H3. The van der Waals surface area contributed by atoms with Crippen molar-refractivity contribution in [1.82, 2.24) is 0 Å². The number of nitrogens with zero attached hydrogens (tertiary/aromatic N) is 1. The Balaban J connectivity index is 1.93. The molecule has 1 fully saturated rings. The summed E-state index contributed by atoms with van der Waals surface area (Å²) in [6.07, 6.45) is 1.72. The molecule has 0 unspecified atom stereocenters. The summed E-state index contributed by atoms with van der Waals surface area (Å²) in [5.74, 6) is -0.418. The zero-order valence-corrected chi connectivity index (χ0v) is 12.1. The Morgan fingerprint density at radius 2 is 1.82 bits per heavy atom. The lowest BCUT2D eigenvalue weighted by Crippen LogP contribution is -2.28. The number of hydrogen-bond acceptors (Lipinski definition) is 3. The maximum Gasteiger partial charge on any atom is 0.261 e. The van der Waals surface area contributed by atoms with Crippen LogP contribution in [-0.4, -0.2) is 16.9 Å². The van der Waals surface area contributed by atoms with Crippen molar-refractivity contribution in [3.63, 3.8) is 0 Å². The van der Waals surface area contributed by atoms with Gasteiger partial charge >= 0.3 is 0 Å². The third-order valence-electron chi connectivity index (χ3n) is 3.57. The SMILES string of the molecule is Cc1ccc(N2C(=O)CC(=Cc3cccc(O)c3)C2=O)cc1. The summed E-state index contributed by atoms with van der Waals surface area (Å²) < 4.78 is 0. The van der Waals surface area contributed by atoms with Crippen molar-refractivity contribution in [2.24, 2.45) is 0 Å². The van der Waals surface area contributed by atoms with E-state index < -0.39 is 0 Å². The number of phenols is 1. The van der Waals surface area contributed by atoms with Crippen LogP contribution in [0.25, 0.3) is 6.08 Å². The topological polar surface area (TPSA) is 57.6 Å². The zero-order chi connectivity index (χ0) is 15.7. The van der Waals surface area contributed by atoms with Crippen LogP contribution in [0.1, 0.15) is 17.5 Å². The highest BCUT2D eigenvalue weighted by atomic mass is 16.3. The number of benzene rings is 2. The van der Waals surface area contributed by atoms with E-state index in [4.69, 9.17) is 0 Å². The van der Waals surface area contributed by atoms with Gasteiger partial charge in [-0.25, -0.2) is 4.90 Å². The lowest BCUT2D eigenvalue weighted by Gasteiger charge is -2.13. The van der Waals surface area contributed by atoms with Gasteiger partial charge in [-0.2, -0.15) is 0 Å². The Bertz CT molecular complexity index is 775. The molecule has 1 N–H and O–H groups in total. The van der Waals surface area contributed by atoms with Crippen LogP contribution in [0.15, 0.2) is 54.1 Å². The first kappa shape index (κ1) is 14.1. The van der Waals surface area contributed by atoms with Crippen LogP contribution in [0.4, 0.5) is 5.69 Å². The molecule has 22 heavy (non-hydrogen) atoms. The van der Waals surface area contributed by atoms with E-state index in [1.165, 1.54) is 4.90 Å². The summed E-state index contributed by atoms with van der Waals surface area (Å²) in [5, 5.41) is 9.47. The van der Waals surface area contributed by atoms with Gasteiger partial charge in [0.15, 0.2) is 0 Å². The maximum absolute atomic E-state index is 12.5. The van der Waals surface area contributed by atoms with Crippen molar-refractivity contribution >= 4 is 23.6 Å². The Kier molecular flexibility index (Phi) is 3.51. The number of imide groups is 1. The summed E-state index contributed by atoms with van der Waals surface area (Å²) in [6.45, 7) is 1.95. The number of carbonyl (C=O) groups excluding carboxylic acids is 2. The van der Waals surface area contributed by atoms with Crippen LogP contribution < -0.4 is 4.90 Å². The Hall–Kier alpha value is -2.88. The normalized spacial score (nSPS) is 16.6. The van der Waals surface area contributed by atoms with Gasteiger partial charge < -0.3 is 5.11 Å². The molecule has 3 rings (SSSR count). The third-order valence-corrected chi connectivity index (χ3v) is 3.57. The average Bonchev–Trinajstić information content (AvgIpc) is 2.75. The molecule has 0 atom stereocenters. The molecule has 1 heterocycles. The van der Waals surface area contributed by atoms with E-state index in [2.05, 4.69) is 0 Å². The van der Waals surface area contributed by atoms with E-state index >= 15 is 0 Å². The van der Waals surface area contributed by atoms with E-state index in [0.29, 0.717) is 16.8 Å². The lowest BCUT2D eigenvalue weighted by molar-refractivity contribution is -0.120. The van der Waals surface area contributed by atoms with Gasteiger partial charge in [0, 0.05) is 5.57 Å².